The van der Waals surface area contributed by atoms with Crippen LogP contribution in [0.2, 0.25) is 0 Å². The minimum Gasteiger partial charge on any atom is -0.222 e. The molecule has 0 aliphatic rings. The maximum Gasteiger partial charge on any atom is 0.460 e. The summed E-state index contributed by atoms with van der Waals surface area (Å²) < 4.78 is 140. The summed E-state index contributed by atoms with van der Waals surface area (Å²) in [4.78, 5) is 0. The molecule has 0 radical (unpaired) electrons. The molecule has 0 aromatic rings. The molecule has 0 bridgehead atoms. The van der Waals surface area contributed by atoms with Crippen LogP contribution in [0, 0.1) is 0 Å². The SMILES string of the molecule is CCCCCC(I)=CC(F)(C(F)(F)F)C(F)(F)C(F)(F)C(F)(F)F. The van der Waals surface area contributed by atoms with E-state index in [0.29, 0.717) is 12.8 Å². The van der Waals surface area contributed by atoms with Crippen LogP contribution in [0.15, 0.2) is 9.66 Å². The van der Waals surface area contributed by atoms with Crippen LogP contribution in [0.3, 0.4) is 0 Å². The van der Waals surface area contributed by atoms with Gasteiger partial charge in [0.25, 0.3) is 5.67 Å². The monoisotopic (exact) mass is 492 g/mol. The van der Waals surface area contributed by atoms with Crippen LogP contribution in [0.5, 0.6) is 0 Å². The summed E-state index contributed by atoms with van der Waals surface area (Å²) in [6, 6.07) is 0. The van der Waals surface area contributed by atoms with Crippen molar-refractivity contribution in [2.24, 2.45) is 0 Å². The van der Waals surface area contributed by atoms with Crippen molar-refractivity contribution in [2.45, 2.75) is 62.5 Å². The van der Waals surface area contributed by atoms with Crippen LogP contribution in [0.1, 0.15) is 32.6 Å². The van der Waals surface area contributed by atoms with Crippen molar-refractivity contribution in [3.05, 3.63) is 9.66 Å². The van der Waals surface area contributed by atoms with E-state index in [1.54, 1.807) is 6.92 Å². The Labute approximate surface area is 143 Å². The second kappa shape index (κ2) is 7.52. The van der Waals surface area contributed by atoms with E-state index in [-0.39, 0.29) is 12.8 Å². The van der Waals surface area contributed by atoms with Gasteiger partial charge in [0.1, 0.15) is 0 Å². The predicted molar refractivity (Wildman–Crippen MR) is 72.1 cm³/mol. The lowest BCUT2D eigenvalue weighted by Gasteiger charge is -2.37. The fourth-order valence-corrected chi connectivity index (χ4v) is 2.40. The molecule has 1 unspecified atom stereocenters. The number of halogens is 12. The smallest absolute Gasteiger partial charge is 0.222 e. The van der Waals surface area contributed by atoms with Gasteiger partial charge in [-0.25, -0.2) is 4.39 Å². The molecule has 0 aliphatic carbocycles. The summed E-state index contributed by atoms with van der Waals surface area (Å²) in [5.41, 5.74) is -6.18. The van der Waals surface area contributed by atoms with Crippen molar-refractivity contribution in [3.8, 4) is 0 Å². The third-order valence-electron chi connectivity index (χ3n) is 2.99. The predicted octanol–water partition coefficient (Wildman–Crippen LogP) is 6.99. The highest BCUT2D eigenvalue weighted by Gasteiger charge is 2.85. The maximum absolute atomic E-state index is 13.9. The van der Waals surface area contributed by atoms with E-state index in [9.17, 15) is 48.3 Å². The molecule has 1 atom stereocenters. The number of unbranched alkanes of at least 4 members (excludes halogenated alkanes) is 2. The zero-order chi connectivity index (χ0) is 19.6. The first-order chi connectivity index (χ1) is 10.5. The Kier molecular flexibility index (Phi) is 7.43. The normalized spacial score (nSPS) is 17.8. The Morgan fingerprint density at radius 3 is 1.54 bits per heavy atom. The topological polar surface area (TPSA) is 0 Å². The molecule has 0 amide bonds. The highest BCUT2D eigenvalue weighted by atomic mass is 127. The van der Waals surface area contributed by atoms with Crippen molar-refractivity contribution >= 4 is 22.6 Å². The Balaban J connectivity index is 6.07. The lowest BCUT2D eigenvalue weighted by molar-refractivity contribution is -0.402. The Morgan fingerprint density at radius 2 is 1.21 bits per heavy atom. The van der Waals surface area contributed by atoms with Crippen LogP contribution >= 0.6 is 22.6 Å². The number of rotatable bonds is 7. The van der Waals surface area contributed by atoms with Gasteiger partial charge in [-0.2, -0.15) is 43.9 Å². The molecule has 0 saturated heterocycles. The Morgan fingerprint density at radius 1 is 0.750 bits per heavy atom. The Hall–Kier alpha value is -0.300. The Bertz CT molecular complexity index is 449. The lowest BCUT2D eigenvalue weighted by atomic mass is 9.90. The molecule has 0 aromatic carbocycles. The fraction of sp³-hybridized carbons (Fsp3) is 0.833. The van der Waals surface area contributed by atoms with Gasteiger partial charge in [0, 0.05) is 0 Å². The average Bonchev–Trinajstić information content (AvgIpc) is 2.35. The highest BCUT2D eigenvalue weighted by Crippen LogP contribution is 2.58. The van der Waals surface area contributed by atoms with Crippen LogP contribution in [-0.2, 0) is 0 Å². The van der Waals surface area contributed by atoms with Crippen molar-refractivity contribution < 1.29 is 48.3 Å². The molecule has 0 nitrogen and oxygen atoms in total. The second-order valence-electron chi connectivity index (χ2n) is 4.90. The molecule has 0 N–H and O–H groups in total. The van der Waals surface area contributed by atoms with E-state index >= 15 is 0 Å². The van der Waals surface area contributed by atoms with Crippen LogP contribution < -0.4 is 0 Å². The summed E-state index contributed by atoms with van der Waals surface area (Å²) in [7, 11) is 0. The van der Waals surface area contributed by atoms with E-state index in [2.05, 4.69) is 0 Å². The maximum atomic E-state index is 13.9. The molecule has 12 heteroatoms. The third-order valence-corrected chi connectivity index (χ3v) is 3.85. The van der Waals surface area contributed by atoms with Gasteiger partial charge in [-0.15, -0.1) is 0 Å². The van der Waals surface area contributed by atoms with E-state index in [1.807, 2.05) is 0 Å². The minimum absolute atomic E-state index is 0.125. The van der Waals surface area contributed by atoms with Gasteiger partial charge >= 0.3 is 24.2 Å². The molecule has 0 spiro atoms. The molecule has 0 aliphatic heterocycles. The van der Waals surface area contributed by atoms with Crippen molar-refractivity contribution in [1.29, 1.82) is 0 Å². The van der Waals surface area contributed by atoms with Gasteiger partial charge in [0.2, 0.25) is 0 Å². The summed E-state index contributed by atoms with van der Waals surface area (Å²) in [5, 5.41) is 0. The summed E-state index contributed by atoms with van der Waals surface area (Å²) in [6.45, 7) is 1.68. The highest BCUT2D eigenvalue weighted by molar-refractivity contribution is 14.1. The fourth-order valence-electron chi connectivity index (χ4n) is 1.59. The van der Waals surface area contributed by atoms with Gasteiger partial charge in [0.05, 0.1) is 0 Å². The van der Waals surface area contributed by atoms with Gasteiger partial charge in [-0.05, 0) is 45.1 Å². The molecular weight excluding hydrogens is 480 g/mol. The largest absolute Gasteiger partial charge is 0.460 e. The van der Waals surface area contributed by atoms with Gasteiger partial charge in [-0.3, -0.25) is 0 Å². The number of alkyl halides is 11. The third kappa shape index (κ3) is 4.45. The summed E-state index contributed by atoms with van der Waals surface area (Å²) in [5.74, 6) is -14.3. The van der Waals surface area contributed by atoms with E-state index < -0.39 is 39.5 Å². The van der Waals surface area contributed by atoms with Gasteiger partial charge in [0.15, 0.2) is 0 Å². The number of allylic oxidation sites excluding steroid dienone is 2. The van der Waals surface area contributed by atoms with Crippen LogP contribution in [0.25, 0.3) is 0 Å². The minimum atomic E-state index is -7.22. The molecular formula is C12H12F11I. The zero-order valence-corrected chi connectivity index (χ0v) is 14.1. The van der Waals surface area contributed by atoms with Gasteiger partial charge in [-0.1, -0.05) is 19.8 Å². The first kappa shape index (κ1) is 23.7. The molecule has 0 aromatic heterocycles. The van der Waals surface area contributed by atoms with Crippen LogP contribution in [0.4, 0.5) is 48.3 Å². The van der Waals surface area contributed by atoms with Crippen molar-refractivity contribution in [3.63, 3.8) is 0 Å². The summed E-state index contributed by atoms with van der Waals surface area (Å²) in [6.07, 6.45) is -13.9. The number of hydrogen-bond donors (Lipinski definition) is 0. The van der Waals surface area contributed by atoms with E-state index in [1.165, 1.54) is 0 Å². The molecule has 0 saturated carbocycles. The molecule has 24 heavy (non-hydrogen) atoms. The van der Waals surface area contributed by atoms with Gasteiger partial charge < -0.3 is 0 Å². The number of hydrogen-bond acceptors (Lipinski definition) is 0. The first-order valence-corrected chi connectivity index (χ1v) is 7.48. The molecule has 0 heterocycles. The van der Waals surface area contributed by atoms with Crippen LogP contribution in [-0.4, -0.2) is 29.9 Å². The van der Waals surface area contributed by atoms with E-state index in [4.69, 9.17) is 0 Å². The summed E-state index contributed by atoms with van der Waals surface area (Å²) >= 11 is 0.997. The molecule has 0 rings (SSSR count). The molecule has 144 valence electrons. The molecule has 0 fully saturated rings. The zero-order valence-electron chi connectivity index (χ0n) is 11.9. The second-order valence-corrected chi connectivity index (χ2v) is 6.29. The standard InChI is InChI=1S/C12H12F11I/c1-2-3-4-5-7(24)6-8(13,11(18,19)20)9(14,15)10(16,17)12(21,22)23/h6H,2-5H2,1H3. The average molecular weight is 492 g/mol. The van der Waals surface area contributed by atoms with E-state index in [0.717, 1.165) is 22.6 Å². The lowest BCUT2D eigenvalue weighted by Crippen LogP contribution is -2.66. The van der Waals surface area contributed by atoms with Crippen molar-refractivity contribution in [1.82, 2.24) is 0 Å². The van der Waals surface area contributed by atoms with Crippen molar-refractivity contribution in [2.75, 3.05) is 0 Å². The first-order valence-electron chi connectivity index (χ1n) is 6.41. The quantitative estimate of drug-likeness (QED) is 0.204.